The van der Waals surface area contributed by atoms with Gasteiger partial charge >= 0.3 is 6.09 Å². The Morgan fingerprint density at radius 3 is 2.35 bits per heavy atom. The molecule has 8 rings (SSSR count). The van der Waals surface area contributed by atoms with Crippen molar-refractivity contribution in [2.75, 3.05) is 38.3 Å². The summed E-state index contributed by atoms with van der Waals surface area (Å²) >= 11 is 1.71. The van der Waals surface area contributed by atoms with Gasteiger partial charge in [-0.2, -0.15) is 0 Å². The van der Waals surface area contributed by atoms with E-state index in [-0.39, 0.29) is 41.0 Å². The lowest BCUT2D eigenvalue weighted by molar-refractivity contribution is -0.125. The van der Waals surface area contributed by atoms with Crippen LogP contribution in [-0.4, -0.2) is 72.4 Å². The molecule has 2 bridgehead atoms. The number of pyridine rings is 1. The Hall–Kier alpha value is -3.50. The lowest BCUT2D eigenvalue weighted by Crippen LogP contribution is -2.55. The standard InChI is InChI=1S/C42H56N4O5S/c1-6-21-50-34-25-45(26-34)40(48)51-33-10-7-30(8-11-33)39(47)46(37-23-31(13-20-43-37)36-24-44-38(52-36)28(2)3)27-41-14-17-42(18-15-41,19-16-41)32-9-12-35(49-5)29(4)22-32/h9,12-13,20,22-24,28,30,33-34H,6-8,10-11,14-19,21,25-27H2,1-5H3. The van der Waals surface area contributed by atoms with Crippen molar-refractivity contribution in [2.45, 2.75) is 122 Å². The molecule has 3 aromatic rings. The van der Waals surface area contributed by atoms with E-state index in [1.807, 2.05) is 23.4 Å². The predicted molar refractivity (Wildman–Crippen MR) is 205 cm³/mol. The fraction of sp³-hybridized carbons (Fsp3) is 0.619. The second-order valence-corrected chi connectivity index (χ2v) is 17.3. The van der Waals surface area contributed by atoms with Gasteiger partial charge < -0.3 is 19.1 Å². The van der Waals surface area contributed by atoms with Crippen LogP contribution in [0.15, 0.2) is 42.7 Å². The second kappa shape index (κ2) is 15.5. The highest BCUT2D eigenvalue weighted by Gasteiger charge is 2.51. The fourth-order valence-electron chi connectivity index (χ4n) is 9.00. The number of hydrogen-bond donors (Lipinski definition) is 0. The van der Waals surface area contributed by atoms with Crippen molar-refractivity contribution in [3.05, 3.63) is 58.9 Å². The number of ether oxygens (including phenoxy) is 3. The summed E-state index contributed by atoms with van der Waals surface area (Å²) in [6, 6.07) is 10.9. The van der Waals surface area contributed by atoms with Crippen LogP contribution in [0.1, 0.15) is 113 Å². The number of benzene rings is 1. The van der Waals surface area contributed by atoms with E-state index in [0.29, 0.717) is 51.2 Å². The number of hydrogen-bond acceptors (Lipinski definition) is 8. The number of carbonyl (C=O) groups excluding carboxylic acids is 2. The molecule has 0 atom stereocenters. The Balaban J connectivity index is 1.06. The molecule has 3 heterocycles. The maximum Gasteiger partial charge on any atom is 0.410 e. The number of fused-ring (bicyclic) bond motifs is 3. The quantitative estimate of drug-likeness (QED) is 0.184. The van der Waals surface area contributed by atoms with Crippen LogP contribution in [-0.2, 0) is 19.7 Å². The van der Waals surface area contributed by atoms with Gasteiger partial charge in [0, 0.05) is 37.4 Å². The highest BCUT2D eigenvalue weighted by atomic mass is 32.1. The molecular weight excluding hydrogens is 673 g/mol. The zero-order valence-corrected chi connectivity index (χ0v) is 32.5. The molecule has 1 aliphatic heterocycles. The summed E-state index contributed by atoms with van der Waals surface area (Å²) in [4.78, 5) is 41.9. The zero-order valence-electron chi connectivity index (χ0n) is 31.7. The first-order chi connectivity index (χ1) is 25.1. The van der Waals surface area contributed by atoms with Crippen molar-refractivity contribution < 1.29 is 23.8 Å². The number of methoxy groups -OCH3 is 1. The summed E-state index contributed by atoms with van der Waals surface area (Å²) < 4.78 is 17.2. The first-order valence-corrected chi connectivity index (χ1v) is 20.4. The van der Waals surface area contributed by atoms with Crippen molar-refractivity contribution in [3.63, 3.8) is 0 Å². The Bertz CT molecular complexity index is 1700. The maximum absolute atomic E-state index is 14.7. The molecule has 2 aromatic heterocycles. The first-order valence-electron chi connectivity index (χ1n) is 19.6. The molecule has 5 fully saturated rings. The van der Waals surface area contributed by atoms with Crippen molar-refractivity contribution in [1.82, 2.24) is 14.9 Å². The number of amides is 2. The molecular formula is C42H56N4O5S. The van der Waals surface area contributed by atoms with E-state index in [1.54, 1.807) is 23.3 Å². The van der Waals surface area contributed by atoms with E-state index in [1.165, 1.54) is 11.1 Å². The number of likely N-dealkylation sites (tertiary alicyclic amines) is 1. The van der Waals surface area contributed by atoms with Gasteiger partial charge in [0.05, 0.1) is 36.2 Å². The maximum atomic E-state index is 14.7. The normalized spacial score (nSPS) is 25.9. The summed E-state index contributed by atoms with van der Waals surface area (Å²) in [5, 5.41) is 1.11. The largest absolute Gasteiger partial charge is 0.496 e. The zero-order chi connectivity index (χ0) is 36.5. The monoisotopic (exact) mass is 728 g/mol. The molecule has 280 valence electrons. The number of carbonyl (C=O) groups is 2. The molecule has 10 heteroatoms. The van der Waals surface area contributed by atoms with Crippen LogP contribution in [0.25, 0.3) is 10.4 Å². The van der Waals surface area contributed by atoms with Crippen molar-refractivity contribution in [1.29, 1.82) is 0 Å². The van der Waals surface area contributed by atoms with Crippen LogP contribution in [0.5, 0.6) is 5.75 Å². The third-order valence-corrected chi connectivity index (χ3v) is 13.8. The minimum absolute atomic E-state index is 0.0641. The highest BCUT2D eigenvalue weighted by Crippen LogP contribution is 2.58. The first kappa shape index (κ1) is 36.8. The van der Waals surface area contributed by atoms with Gasteiger partial charge in [-0.3, -0.25) is 9.69 Å². The number of aryl methyl sites for hydroxylation is 1. The van der Waals surface area contributed by atoms with Crippen LogP contribution in [0.2, 0.25) is 0 Å². The summed E-state index contributed by atoms with van der Waals surface area (Å²) in [6.45, 7) is 11.1. The Labute approximate surface area is 313 Å². The van der Waals surface area contributed by atoms with Gasteiger partial charge in [-0.1, -0.05) is 32.9 Å². The fourth-order valence-corrected chi connectivity index (χ4v) is 9.92. The summed E-state index contributed by atoms with van der Waals surface area (Å²) in [5.74, 6) is 2.06. The molecule has 0 spiro atoms. The van der Waals surface area contributed by atoms with Gasteiger partial charge in [0.15, 0.2) is 0 Å². The Morgan fingerprint density at radius 1 is 0.981 bits per heavy atom. The minimum Gasteiger partial charge on any atom is -0.496 e. The van der Waals surface area contributed by atoms with Gasteiger partial charge in [-0.25, -0.2) is 14.8 Å². The SMILES string of the molecule is CCCOC1CN(C(=O)OC2CCC(C(=O)N(CC34CCC(c5ccc(OC)c(C)c5)(CC3)CC4)c3cc(-c4cnc(C(C)C)s4)ccn3)CC2)C1. The highest BCUT2D eigenvalue weighted by molar-refractivity contribution is 7.15. The Kier molecular flexibility index (Phi) is 11.0. The lowest BCUT2D eigenvalue weighted by Gasteiger charge is -2.55. The number of anilines is 1. The predicted octanol–water partition coefficient (Wildman–Crippen LogP) is 9.08. The van der Waals surface area contributed by atoms with E-state index in [4.69, 9.17) is 19.2 Å². The molecule has 0 unspecified atom stereocenters. The van der Waals surface area contributed by atoms with Crippen LogP contribution in [0.3, 0.4) is 0 Å². The molecule has 52 heavy (non-hydrogen) atoms. The van der Waals surface area contributed by atoms with Crippen LogP contribution in [0.4, 0.5) is 10.6 Å². The van der Waals surface area contributed by atoms with Gasteiger partial charge in [0.25, 0.3) is 0 Å². The summed E-state index contributed by atoms with van der Waals surface area (Å²) in [6.07, 6.45) is 13.9. The molecule has 1 saturated heterocycles. The van der Waals surface area contributed by atoms with Crippen molar-refractivity contribution in [3.8, 4) is 16.2 Å². The van der Waals surface area contributed by atoms with E-state index in [0.717, 1.165) is 78.6 Å². The van der Waals surface area contributed by atoms with Gasteiger partial charge in [0.2, 0.25) is 5.91 Å². The van der Waals surface area contributed by atoms with E-state index >= 15 is 0 Å². The number of rotatable bonds is 12. The molecule has 2 amide bonds. The number of nitrogens with zero attached hydrogens (tertiary/aromatic N) is 4. The van der Waals surface area contributed by atoms with E-state index < -0.39 is 0 Å². The average molecular weight is 729 g/mol. The Morgan fingerprint density at radius 2 is 1.71 bits per heavy atom. The smallest absolute Gasteiger partial charge is 0.410 e. The van der Waals surface area contributed by atoms with Crippen LogP contribution < -0.4 is 9.64 Å². The van der Waals surface area contributed by atoms with Gasteiger partial charge in [0.1, 0.15) is 17.7 Å². The minimum atomic E-state index is -0.257. The second-order valence-electron chi connectivity index (χ2n) is 16.3. The molecule has 0 N–H and O–H groups in total. The lowest BCUT2D eigenvalue weighted by atomic mass is 9.51. The molecule has 4 aliphatic carbocycles. The third-order valence-electron chi connectivity index (χ3n) is 12.4. The third kappa shape index (κ3) is 7.61. The van der Waals surface area contributed by atoms with E-state index in [9.17, 15) is 9.59 Å². The van der Waals surface area contributed by atoms with Gasteiger partial charge in [-0.15, -0.1) is 11.3 Å². The van der Waals surface area contributed by atoms with Crippen molar-refractivity contribution in [2.24, 2.45) is 11.3 Å². The summed E-state index contributed by atoms with van der Waals surface area (Å²) in [7, 11) is 1.74. The molecule has 1 aromatic carbocycles. The molecule has 0 radical (unpaired) electrons. The molecule has 5 aliphatic rings. The van der Waals surface area contributed by atoms with Crippen LogP contribution >= 0.6 is 11.3 Å². The molecule has 4 saturated carbocycles. The average Bonchev–Trinajstić information content (AvgIpc) is 3.65. The van der Waals surface area contributed by atoms with E-state index in [2.05, 4.69) is 56.9 Å². The van der Waals surface area contributed by atoms with Crippen molar-refractivity contribution >= 4 is 29.2 Å². The molecule has 9 nitrogen and oxygen atoms in total. The van der Waals surface area contributed by atoms with Crippen LogP contribution in [0, 0.1) is 18.3 Å². The number of aromatic nitrogens is 2. The number of thiazole rings is 1. The topological polar surface area (TPSA) is 94.1 Å². The van der Waals surface area contributed by atoms with Gasteiger partial charge in [-0.05, 0) is 123 Å². The summed E-state index contributed by atoms with van der Waals surface area (Å²) in [5.41, 5.74) is 3.94.